The molecule has 1 amide bonds. The van der Waals surface area contributed by atoms with Crippen molar-refractivity contribution in [2.24, 2.45) is 0 Å². The zero-order chi connectivity index (χ0) is 20.6. The minimum absolute atomic E-state index is 0.0519. The van der Waals surface area contributed by atoms with Crippen LogP contribution >= 0.6 is 0 Å². The average molecular weight is 408 g/mol. The molecule has 0 saturated carbocycles. The molecule has 152 valence electrons. The highest BCUT2D eigenvalue weighted by Gasteiger charge is 2.47. The third-order valence-electron chi connectivity index (χ3n) is 4.71. The van der Waals surface area contributed by atoms with E-state index in [0.717, 1.165) is 4.68 Å². The van der Waals surface area contributed by atoms with Crippen molar-refractivity contribution >= 4 is 11.7 Å². The molecule has 2 aromatic heterocycles. The van der Waals surface area contributed by atoms with Crippen LogP contribution in [0.25, 0.3) is 0 Å². The second kappa shape index (κ2) is 7.26. The summed E-state index contributed by atoms with van der Waals surface area (Å²) in [7, 11) is 0. The number of anilines is 1. The van der Waals surface area contributed by atoms with Crippen molar-refractivity contribution in [1.82, 2.24) is 15.1 Å². The van der Waals surface area contributed by atoms with E-state index in [9.17, 15) is 22.4 Å². The van der Waals surface area contributed by atoms with E-state index in [2.05, 4.69) is 15.7 Å². The summed E-state index contributed by atoms with van der Waals surface area (Å²) >= 11 is 0. The number of carbonyl (C=O) groups is 1. The van der Waals surface area contributed by atoms with Crippen LogP contribution in [0.5, 0.6) is 0 Å². The van der Waals surface area contributed by atoms with Crippen LogP contribution in [0, 0.1) is 5.82 Å². The van der Waals surface area contributed by atoms with Crippen LogP contribution < -0.4 is 10.6 Å². The van der Waals surface area contributed by atoms with Gasteiger partial charge in [-0.05, 0) is 18.2 Å². The molecule has 1 aliphatic rings. The van der Waals surface area contributed by atoms with E-state index in [1.807, 2.05) is 0 Å². The number of hydrogen-bond donors (Lipinski definition) is 2. The van der Waals surface area contributed by atoms with Gasteiger partial charge in [0, 0.05) is 24.6 Å². The number of hydrogen-bond acceptors (Lipinski definition) is 4. The van der Waals surface area contributed by atoms with Crippen LogP contribution in [-0.2, 0) is 6.54 Å². The smallest absolute Gasteiger partial charge is 0.410 e. The molecule has 3 aromatic rings. The summed E-state index contributed by atoms with van der Waals surface area (Å²) in [4.78, 5) is 12.4. The van der Waals surface area contributed by atoms with Gasteiger partial charge in [-0.1, -0.05) is 18.2 Å². The lowest BCUT2D eigenvalue weighted by atomic mass is 10.0. The fourth-order valence-electron chi connectivity index (χ4n) is 3.27. The second-order valence-electron chi connectivity index (χ2n) is 6.64. The Balaban J connectivity index is 1.57. The Morgan fingerprint density at radius 1 is 1.28 bits per heavy atom. The lowest BCUT2D eigenvalue weighted by molar-refractivity contribution is -0.174. The molecule has 0 fully saturated rings. The first-order valence-corrected chi connectivity index (χ1v) is 8.80. The van der Waals surface area contributed by atoms with Crippen LogP contribution in [0.3, 0.4) is 0 Å². The Morgan fingerprint density at radius 2 is 2.07 bits per heavy atom. The standard InChI is InChI=1S/C19H16F4N4O2/c20-12-5-2-1-4-11(12)10-24-18(28)14-9-17-25-13(15-6-3-7-29-15)8-16(19(21,22)23)27(17)26-14/h1-7,9,13,16,25H,8,10H2,(H,24,28)/t13-,16-/m1/s1. The zero-order valence-corrected chi connectivity index (χ0v) is 14.9. The van der Waals surface area contributed by atoms with E-state index in [1.54, 1.807) is 18.2 Å². The Hall–Kier alpha value is -3.30. The highest BCUT2D eigenvalue weighted by Crippen LogP contribution is 2.43. The molecule has 0 unspecified atom stereocenters. The molecule has 1 aliphatic heterocycles. The van der Waals surface area contributed by atoms with Crippen molar-refractivity contribution < 1.29 is 26.8 Å². The maximum absolute atomic E-state index is 13.7. The fourth-order valence-corrected chi connectivity index (χ4v) is 3.27. The van der Waals surface area contributed by atoms with Crippen molar-refractivity contribution in [3.63, 3.8) is 0 Å². The first kappa shape index (κ1) is 19.0. The van der Waals surface area contributed by atoms with E-state index in [4.69, 9.17) is 4.42 Å². The van der Waals surface area contributed by atoms with Gasteiger partial charge in [0.15, 0.2) is 11.7 Å². The van der Waals surface area contributed by atoms with Crippen molar-refractivity contribution in [3.8, 4) is 0 Å². The molecule has 6 nitrogen and oxygen atoms in total. The summed E-state index contributed by atoms with van der Waals surface area (Å²) in [6, 6.07) is 7.68. The van der Waals surface area contributed by atoms with E-state index in [-0.39, 0.29) is 30.0 Å². The molecule has 29 heavy (non-hydrogen) atoms. The third-order valence-corrected chi connectivity index (χ3v) is 4.71. The predicted molar refractivity (Wildman–Crippen MR) is 94.6 cm³/mol. The maximum atomic E-state index is 13.7. The van der Waals surface area contributed by atoms with Crippen molar-refractivity contribution in [2.75, 3.05) is 5.32 Å². The number of furan rings is 1. The molecule has 0 radical (unpaired) electrons. The third kappa shape index (κ3) is 3.82. The lowest BCUT2D eigenvalue weighted by Crippen LogP contribution is -2.35. The number of benzene rings is 1. The van der Waals surface area contributed by atoms with Gasteiger partial charge in [-0.25, -0.2) is 9.07 Å². The Kier molecular flexibility index (Phi) is 4.77. The number of nitrogens with one attached hydrogen (secondary N) is 2. The summed E-state index contributed by atoms with van der Waals surface area (Å²) in [6.07, 6.45) is -3.51. The number of carbonyl (C=O) groups excluding carboxylic acids is 1. The SMILES string of the molecule is O=C(NCc1ccccc1F)c1cc2n(n1)[C@@H](C(F)(F)F)C[C@H](c1ccco1)N2. The first-order chi connectivity index (χ1) is 13.8. The zero-order valence-electron chi connectivity index (χ0n) is 14.9. The van der Waals surface area contributed by atoms with Gasteiger partial charge in [0.25, 0.3) is 5.91 Å². The highest BCUT2D eigenvalue weighted by molar-refractivity contribution is 5.93. The largest absolute Gasteiger partial charge is 0.467 e. The van der Waals surface area contributed by atoms with Crippen LogP contribution in [0.2, 0.25) is 0 Å². The van der Waals surface area contributed by atoms with Gasteiger partial charge in [-0.15, -0.1) is 0 Å². The summed E-state index contributed by atoms with van der Waals surface area (Å²) in [5.74, 6) is -0.780. The molecule has 0 spiro atoms. The van der Waals surface area contributed by atoms with Crippen LogP contribution in [-0.4, -0.2) is 21.9 Å². The van der Waals surface area contributed by atoms with Gasteiger partial charge in [-0.2, -0.15) is 18.3 Å². The molecule has 4 rings (SSSR count). The van der Waals surface area contributed by atoms with Crippen LogP contribution in [0.1, 0.15) is 40.3 Å². The summed E-state index contributed by atoms with van der Waals surface area (Å²) < 4.78 is 60.5. The second-order valence-corrected chi connectivity index (χ2v) is 6.64. The molecule has 0 bridgehead atoms. The number of halogens is 4. The van der Waals surface area contributed by atoms with Crippen LogP contribution in [0.15, 0.2) is 53.1 Å². The molecule has 1 aromatic carbocycles. The van der Waals surface area contributed by atoms with E-state index >= 15 is 0 Å². The predicted octanol–water partition coefficient (Wildman–Crippen LogP) is 4.21. The van der Waals surface area contributed by atoms with Gasteiger partial charge in [-0.3, -0.25) is 4.79 Å². The average Bonchev–Trinajstić information content (AvgIpc) is 3.35. The number of rotatable bonds is 4. The Labute approximate surface area is 162 Å². The Bertz CT molecular complexity index is 1010. The minimum Gasteiger partial charge on any atom is -0.467 e. The van der Waals surface area contributed by atoms with E-state index < -0.39 is 30.0 Å². The highest BCUT2D eigenvalue weighted by atomic mass is 19.4. The number of amides is 1. The molecule has 3 heterocycles. The lowest BCUT2D eigenvalue weighted by Gasteiger charge is -2.32. The Morgan fingerprint density at radius 3 is 2.76 bits per heavy atom. The topological polar surface area (TPSA) is 72.1 Å². The van der Waals surface area contributed by atoms with Gasteiger partial charge in [0.2, 0.25) is 0 Å². The normalized spacial score (nSPS) is 18.8. The monoisotopic (exact) mass is 408 g/mol. The van der Waals surface area contributed by atoms with Gasteiger partial charge in [0.05, 0.1) is 12.3 Å². The first-order valence-electron chi connectivity index (χ1n) is 8.80. The number of fused-ring (bicyclic) bond motifs is 1. The van der Waals surface area contributed by atoms with E-state index in [0.29, 0.717) is 5.76 Å². The van der Waals surface area contributed by atoms with Crippen molar-refractivity contribution in [2.45, 2.75) is 31.2 Å². The van der Waals surface area contributed by atoms with E-state index in [1.165, 1.54) is 30.5 Å². The minimum atomic E-state index is -4.56. The number of nitrogens with zero attached hydrogens (tertiary/aromatic N) is 2. The molecule has 2 atom stereocenters. The summed E-state index contributed by atoms with van der Waals surface area (Å²) in [6.45, 7) is -0.112. The summed E-state index contributed by atoms with van der Waals surface area (Å²) in [5.41, 5.74) is 0.0622. The molecule has 0 saturated heterocycles. The van der Waals surface area contributed by atoms with Gasteiger partial charge in [0.1, 0.15) is 17.4 Å². The molecular formula is C19H16F4N4O2. The molecule has 10 heteroatoms. The summed E-state index contributed by atoms with van der Waals surface area (Å²) in [5, 5.41) is 9.25. The van der Waals surface area contributed by atoms with Gasteiger partial charge < -0.3 is 15.1 Å². The van der Waals surface area contributed by atoms with Crippen LogP contribution in [0.4, 0.5) is 23.4 Å². The molecule has 2 N–H and O–H groups in total. The number of alkyl halides is 3. The quantitative estimate of drug-likeness (QED) is 0.635. The number of aromatic nitrogens is 2. The van der Waals surface area contributed by atoms with Gasteiger partial charge >= 0.3 is 6.18 Å². The molecular weight excluding hydrogens is 392 g/mol. The van der Waals surface area contributed by atoms with Crippen molar-refractivity contribution in [3.05, 3.63) is 71.6 Å². The van der Waals surface area contributed by atoms with Crippen molar-refractivity contribution in [1.29, 1.82) is 0 Å². The fraction of sp³-hybridized carbons (Fsp3) is 0.263. The maximum Gasteiger partial charge on any atom is 0.410 e. The molecule has 0 aliphatic carbocycles.